The quantitative estimate of drug-likeness (QED) is 0.0237. The molecule has 1 unspecified atom stereocenters. The van der Waals surface area contributed by atoms with Crippen LogP contribution in [0.5, 0.6) is 5.88 Å². The van der Waals surface area contributed by atoms with E-state index in [2.05, 4.69) is 123 Å². The van der Waals surface area contributed by atoms with Gasteiger partial charge in [-0.1, -0.05) is 49.9 Å². The lowest BCUT2D eigenvalue weighted by molar-refractivity contribution is 0.0766. The number of carbonyl (C=O) groups is 4. The molecular weight excluding hydrogens is 1540 g/mol. The summed E-state index contributed by atoms with van der Waals surface area (Å²) < 4.78 is 24.8. The van der Waals surface area contributed by atoms with Crippen molar-refractivity contribution in [1.29, 1.82) is 0 Å². The molecule has 0 amide bonds. The smallest absolute Gasteiger partial charge is 0.265 e. The van der Waals surface area contributed by atoms with E-state index in [1.807, 2.05) is 91.0 Å². The molecule has 120 heavy (non-hydrogen) atoms. The molecule has 8 aromatic heterocycles. The van der Waals surface area contributed by atoms with Gasteiger partial charge < -0.3 is 74.9 Å². The number of hydrogen-bond donors (Lipinski definition) is 13. The lowest BCUT2D eigenvalue weighted by Gasteiger charge is -2.32. The van der Waals surface area contributed by atoms with Crippen molar-refractivity contribution in [3.63, 3.8) is 0 Å². The lowest BCUT2D eigenvalue weighted by atomic mass is 9.89. The van der Waals surface area contributed by atoms with Crippen LogP contribution in [0, 0.1) is 0 Å². The van der Waals surface area contributed by atoms with Gasteiger partial charge in [0.15, 0.2) is 34.8 Å². The average Bonchev–Trinajstić information content (AvgIpc) is 1.14. The lowest BCUT2D eigenvalue weighted by Crippen LogP contribution is -2.49. The van der Waals surface area contributed by atoms with Crippen LogP contribution < -0.4 is 75.8 Å². The second-order valence-electron chi connectivity index (χ2n) is 29.0. The van der Waals surface area contributed by atoms with E-state index in [0.29, 0.717) is 83.4 Å². The van der Waals surface area contributed by atoms with Gasteiger partial charge in [0.05, 0.1) is 109 Å². The number of rotatable bonds is 25. The number of aromatic amines is 1. The van der Waals surface area contributed by atoms with Crippen LogP contribution in [0.15, 0.2) is 164 Å². The summed E-state index contributed by atoms with van der Waals surface area (Å²) in [5.74, 6) is 1.96. The van der Waals surface area contributed by atoms with Gasteiger partial charge in [0.25, 0.3) is 5.56 Å². The fourth-order valence-corrected chi connectivity index (χ4v) is 14.0. The number of nitrogens with two attached hydrogens (primary N) is 4. The molecule has 0 bridgehead atoms. The minimum absolute atomic E-state index is 0.00815. The SMILES string of the molecule is CC(=O)c1c(Nc2cccc(-n3nccn3)c2)nc(N[C@@H]2CCCC[C@@H]2N)[nH]c1=O.CC(=O)c1cnc(N[C@@H]2CCCC(F)[C@@H]2N)nc1Nc1cccc(-n2nccn2)c1.CC(=O)c1cnc(N[C@@H]2COCC[C@@H]2N)nc1Nc1cccc(-n2nccn2)c1.COc1nc(N[C@@H]2CCCC[C@@H]2N)nc(Nc2cccc(-n3nccn3)c2)c1C(C)=O. The summed E-state index contributed by atoms with van der Waals surface area (Å²) in [6.07, 6.45) is 25.5. The number of hydrogen-bond acceptors (Lipinski definition) is 34. The summed E-state index contributed by atoms with van der Waals surface area (Å²) >= 11 is 0. The number of H-pyrrole nitrogens is 1. The predicted molar refractivity (Wildman–Crippen MR) is 449 cm³/mol. The van der Waals surface area contributed by atoms with Crippen LogP contribution in [-0.4, -0.2) is 198 Å². The molecule has 4 aromatic carbocycles. The summed E-state index contributed by atoms with van der Waals surface area (Å²) in [6, 6.07) is 28.7. The number of Topliss-reactive ketones (excluding diaryl/α,β-unsaturated/α-hetero) is 4. The first-order valence-corrected chi connectivity index (χ1v) is 39.3. The van der Waals surface area contributed by atoms with Crippen LogP contribution in [0.1, 0.15) is 146 Å². The first kappa shape index (κ1) is 84.1. The second kappa shape index (κ2) is 39.9. The highest BCUT2D eigenvalue weighted by molar-refractivity contribution is 6.02. The zero-order valence-electron chi connectivity index (χ0n) is 66.6. The van der Waals surface area contributed by atoms with Crippen molar-refractivity contribution in [1.82, 2.24) is 99.8 Å². The summed E-state index contributed by atoms with van der Waals surface area (Å²) in [7, 11) is 1.48. The second-order valence-corrected chi connectivity index (χ2v) is 29.0. The molecule has 16 rings (SSSR count). The van der Waals surface area contributed by atoms with Crippen LogP contribution in [0.25, 0.3) is 22.7 Å². The van der Waals surface area contributed by atoms with Crippen molar-refractivity contribution in [2.24, 2.45) is 22.9 Å². The number of carbonyl (C=O) groups excluding carboxylic acids is 4. The number of ether oxygens (including phenoxy) is 2. The Balaban J connectivity index is 0.000000138. The Morgan fingerprint density at radius 3 is 1.24 bits per heavy atom. The Morgan fingerprint density at radius 1 is 0.442 bits per heavy atom. The van der Waals surface area contributed by atoms with Gasteiger partial charge >= 0.3 is 0 Å². The van der Waals surface area contributed by atoms with Gasteiger partial charge in [-0.05, 0) is 152 Å². The van der Waals surface area contributed by atoms with E-state index in [0.717, 1.165) is 105 Å². The fourth-order valence-electron chi connectivity index (χ4n) is 14.0. The van der Waals surface area contributed by atoms with Gasteiger partial charge in [-0.25, -0.2) is 14.4 Å². The maximum atomic E-state index is 13.9. The number of nitrogens with zero attached hydrogens (tertiary/aromatic N) is 19. The number of ketones is 4. The van der Waals surface area contributed by atoms with E-state index >= 15 is 0 Å². The van der Waals surface area contributed by atoms with Crippen molar-refractivity contribution in [2.45, 2.75) is 159 Å². The Labute approximate surface area is 688 Å². The minimum atomic E-state index is -1.05. The summed E-state index contributed by atoms with van der Waals surface area (Å²) in [5, 5.41) is 58.6. The van der Waals surface area contributed by atoms with Crippen LogP contribution >= 0.6 is 0 Å². The maximum absolute atomic E-state index is 13.9. The topological polar surface area (TPSA) is 533 Å². The fraction of sp³-hybridized carbons (Fsp3) is 0.350. The van der Waals surface area contributed by atoms with E-state index in [-0.39, 0.29) is 88.3 Å². The van der Waals surface area contributed by atoms with Crippen LogP contribution in [-0.2, 0) is 4.74 Å². The Hall–Kier alpha value is -13.8. The van der Waals surface area contributed by atoms with Gasteiger partial charge in [-0.3, -0.25) is 29.0 Å². The summed E-state index contributed by atoms with van der Waals surface area (Å²) in [5.41, 5.74) is 30.9. The van der Waals surface area contributed by atoms with Crippen molar-refractivity contribution >= 4 is 92.9 Å². The zero-order valence-corrected chi connectivity index (χ0v) is 66.6. The Kier molecular flexibility index (Phi) is 27.9. The monoisotopic (exact) mass is 1630 g/mol. The van der Waals surface area contributed by atoms with Crippen molar-refractivity contribution in [3.8, 4) is 28.6 Å². The highest BCUT2D eigenvalue weighted by atomic mass is 19.1. The van der Waals surface area contributed by atoms with Gasteiger partial charge in [-0.15, -0.1) is 0 Å². The van der Waals surface area contributed by atoms with E-state index in [1.165, 1.54) is 66.4 Å². The number of benzene rings is 4. The Morgan fingerprint density at radius 2 is 0.825 bits per heavy atom. The molecule has 4 aliphatic rings. The third kappa shape index (κ3) is 21.9. The molecular formula is C80H95FN32O7. The summed E-state index contributed by atoms with van der Waals surface area (Å²) in [6.45, 7) is 6.86. The van der Waals surface area contributed by atoms with Gasteiger partial charge in [0.2, 0.25) is 29.7 Å². The number of anilines is 12. The van der Waals surface area contributed by atoms with Crippen LogP contribution in [0.3, 0.4) is 0 Å². The third-order valence-corrected chi connectivity index (χ3v) is 20.3. The van der Waals surface area contributed by atoms with Crippen molar-refractivity contribution in [2.75, 3.05) is 62.9 Å². The molecule has 17 N–H and O–H groups in total. The van der Waals surface area contributed by atoms with Crippen LogP contribution in [0.4, 0.5) is 74.2 Å². The molecule has 9 atom stereocenters. The zero-order chi connectivity index (χ0) is 84.2. The molecule has 40 heteroatoms. The number of alkyl halides is 1. The molecule has 0 spiro atoms. The first-order chi connectivity index (χ1) is 58.2. The predicted octanol–water partition coefficient (Wildman–Crippen LogP) is 8.84. The van der Waals surface area contributed by atoms with Gasteiger partial charge in [0.1, 0.15) is 28.9 Å². The molecule has 1 aliphatic heterocycles. The first-order valence-electron chi connectivity index (χ1n) is 39.3. The maximum Gasteiger partial charge on any atom is 0.265 e. The molecule has 12 aromatic rings. The van der Waals surface area contributed by atoms with Crippen LogP contribution in [0.2, 0.25) is 0 Å². The number of aromatic nitrogens is 20. The van der Waals surface area contributed by atoms with Gasteiger partial charge in [0, 0.05) is 78.0 Å². The van der Waals surface area contributed by atoms with Gasteiger partial charge in [-0.2, -0.15) is 84.9 Å². The molecule has 624 valence electrons. The Bertz CT molecular complexity index is 5510. The molecule has 0 radical (unpaired) electrons. The number of nitrogens with one attached hydrogen (secondary N) is 9. The average molecular weight is 1640 g/mol. The van der Waals surface area contributed by atoms with Crippen molar-refractivity contribution < 1.29 is 33.0 Å². The molecule has 3 saturated carbocycles. The number of halogens is 1. The van der Waals surface area contributed by atoms with E-state index in [9.17, 15) is 28.4 Å². The standard InChI is InChI=1S/C21H26N8O2.C20H23FN8O.C20H24N8O2.C19H22N8O2/c1-13(30)18-19(25-14-6-5-7-15(12-14)29-23-10-11-24-29)27-21(28-20(18)31-2)26-17-9-4-3-8-16(17)22;1-12(30)15-11-23-20(27-17-7-3-6-16(21)18(17)22)28-19(15)26-13-4-2-5-14(10-13)29-24-8-9-25-29;1-12(29)17-18(24-13-5-4-6-14(11-13)28-22-9-10-23-28)26-20(27-19(17)30)25-16-8-3-2-7-15(16)21;1-12(28)15-10-21-19(25-17-11-29-8-5-16(17)20)26-18(15)24-13-3-2-4-14(9-13)27-22-6-7-23-27/h5-7,10-12,16-17H,3-4,8-9,22H2,1-2H3,(H2,25,26,27,28);2,4-5,8-11,16-18H,3,6-7,22H2,1H3,(H2,23,26,27,28);4-6,9-11,15-16H,2-3,7-8,21H2,1H3,(H3,24,25,26,27,30);2-4,6-7,9-10,16-17H,5,8,11,20H2,1H3,(H2,21,24,25,26)/t16-,17+;16?,17-,18+;15-,16+;16-,17+/m0100/s1. The largest absolute Gasteiger partial charge is 0.480 e. The summed E-state index contributed by atoms with van der Waals surface area (Å²) in [4.78, 5) is 101. The highest BCUT2D eigenvalue weighted by Gasteiger charge is 2.33. The van der Waals surface area contributed by atoms with E-state index < -0.39 is 17.8 Å². The van der Waals surface area contributed by atoms with Crippen molar-refractivity contribution in [3.05, 3.63) is 192 Å². The molecule has 4 fully saturated rings. The van der Waals surface area contributed by atoms with E-state index in [4.69, 9.17) is 32.4 Å². The normalized spacial score (nSPS) is 19.3. The molecule has 39 nitrogen and oxygen atoms in total. The highest BCUT2D eigenvalue weighted by Crippen LogP contribution is 2.33. The third-order valence-electron chi connectivity index (χ3n) is 20.3. The number of methoxy groups -OCH3 is 1. The molecule has 1 saturated heterocycles. The molecule has 3 aliphatic carbocycles. The van der Waals surface area contributed by atoms with E-state index in [1.54, 1.807) is 55.6 Å². The molecule has 9 heterocycles. The minimum Gasteiger partial charge on any atom is -0.480 e.